The summed E-state index contributed by atoms with van der Waals surface area (Å²) in [5.74, 6) is 0.727. The highest BCUT2D eigenvalue weighted by Crippen LogP contribution is 2.32. The molecule has 1 amide bonds. The summed E-state index contributed by atoms with van der Waals surface area (Å²) in [7, 11) is 1.57. The summed E-state index contributed by atoms with van der Waals surface area (Å²) in [6.45, 7) is 3.43. The third-order valence-corrected chi connectivity index (χ3v) is 3.35. The molecule has 1 heterocycles. The number of amides is 1. The summed E-state index contributed by atoms with van der Waals surface area (Å²) >= 11 is 0. The Kier molecular flexibility index (Phi) is 3.94. The van der Waals surface area contributed by atoms with Crippen molar-refractivity contribution in [1.29, 1.82) is 0 Å². The topological polar surface area (TPSA) is 81.9 Å². The first-order chi connectivity index (χ1) is 9.41. The number of nitrogens with zero attached hydrogens (tertiary/aromatic N) is 1. The molecule has 108 valence electrons. The predicted molar refractivity (Wildman–Crippen MR) is 72.8 cm³/mol. The molecule has 1 aromatic rings. The second-order valence-electron chi connectivity index (χ2n) is 4.85. The van der Waals surface area contributed by atoms with E-state index in [2.05, 4.69) is 0 Å². The molecular formula is C14H18N2O4. The van der Waals surface area contributed by atoms with E-state index in [1.165, 1.54) is 4.90 Å². The number of benzene rings is 1. The standard InChI is InChI=1S/C14H18N2O4/c1-8(15)14(18)16(3)9(2)13(17)10-4-5-11-12(6-10)20-7-19-11/h4-6,8-9H,7,15H2,1-3H3/t8-,9-/m0/s1. The summed E-state index contributed by atoms with van der Waals surface area (Å²) in [4.78, 5) is 25.6. The van der Waals surface area contributed by atoms with Crippen molar-refractivity contribution in [3.63, 3.8) is 0 Å². The van der Waals surface area contributed by atoms with Crippen LogP contribution in [0.25, 0.3) is 0 Å². The molecule has 6 nitrogen and oxygen atoms in total. The molecule has 2 N–H and O–H groups in total. The highest BCUT2D eigenvalue weighted by molar-refractivity contribution is 6.02. The number of carbonyl (C=O) groups is 2. The van der Waals surface area contributed by atoms with Crippen molar-refractivity contribution < 1.29 is 19.1 Å². The highest BCUT2D eigenvalue weighted by atomic mass is 16.7. The van der Waals surface area contributed by atoms with Crippen LogP contribution in [0.3, 0.4) is 0 Å². The van der Waals surface area contributed by atoms with Crippen molar-refractivity contribution in [1.82, 2.24) is 4.90 Å². The maximum atomic E-state index is 12.4. The summed E-state index contributed by atoms with van der Waals surface area (Å²) < 4.78 is 10.4. The molecule has 0 aromatic heterocycles. The largest absolute Gasteiger partial charge is 0.454 e. The minimum Gasteiger partial charge on any atom is -0.454 e. The van der Waals surface area contributed by atoms with Gasteiger partial charge in [-0.05, 0) is 32.0 Å². The molecule has 6 heteroatoms. The minimum absolute atomic E-state index is 0.158. The monoisotopic (exact) mass is 278 g/mol. The third kappa shape index (κ3) is 2.60. The molecule has 0 spiro atoms. The Labute approximate surface area is 117 Å². The first-order valence-electron chi connectivity index (χ1n) is 6.38. The van der Waals surface area contributed by atoms with Gasteiger partial charge in [0.1, 0.15) is 0 Å². The predicted octanol–water partition coefficient (Wildman–Crippen LogP) is 0.792. The number of nitrogens with two attached hydrogens (primary N) is 1. The van der Waals surface area contributed by atoms with Crippen molar-refractivity contribution in [3.05, 3.63) is 23.8 Å². The van der Waals surface area contributed by atoms with Crippen LogP contribution in [0.4, 0.5) is 0 Å². The number of hydrogen-bond donors (Lipinski definition) is 1. The first-order valence-corrected chi connectivity index (χ1v) is 6.38. The molecule has 0 saturated carbocycles. The molecule has 0 bridgehead atoms. The molecule has 1 aromatic carbocycles. The van der Waals surface area contributed by atoms with Gasteiger partial charge in [-0.1, -0.05) is 0 Å². The van der Waals surface area contributed by atoms with Gasteiger partial charge in [0.05, 0.1) is 12.1 Å². The van der Waals surface area contributed by atoms with Crippen LogP contribution < -0.4 is 15.2 Å². The molecule has 0 fully saturated rings. The van der Waals surface area contributed by atoms with E-state index < -0.39 is 12.1 Å². The zero-order valence-corrected chi connectivity index (χ0v) is 11.8. The molecular weight excluding hydrogens is 260 g/mol. The van der Waals surface area contributed by atoms with Crippen LogP contribution in [-0.4, -0.2) is 42.5 Å². The maximum Gasteiger partial charge on any atom is 0.239 e. The van der Waals surface area contributed by atoms with Gasteiger partial charge in [0, 0.05) is 12.6 Å². The maximum absolute atomic E-state index is 12.4. The Morgan fingerprint density at radius 2 is 1.90 bits per heavy atom. The highest BCUT2D eigenvalue weighted by Gasteiger charge is 2.26. The SMILES string of the molecule is C[C@H](N)C(=O)N(C)[C@@H](C)C(=O)c1ccc2c(c1)OCO2. The van der Waals surface area contributed by atoms with Gasteiger partial charge in [0.15, 0.2) is 17.3 Å². The number of hydrogen-bond acceptors (Lipinski definition) is 5. The lowest BCUT2D eigenvalue weighted by atomic mass is 10.0. The number of Topliss-reactive ketones (excluding diaryl/α,β-unsaturated/α-hetero) is 1. The fourth-order valence-corrected chi connectivity index (χ4v) is 1.98. The van der Waals surface area contributed by atoms with E-state index in [0.29, 0.717) is 17.1 Å². The molecule has 1 aliphatic heterocycles. The van der Waals surface area contributed by atoms with E-state index >= 15 is 0 Å². The summed E-state index contributed by atoms with van der Waals surface area (Å²) in [5, 5.41) is 0. The first kappa shape index (κ1) is 14.3. The van der Waals surface area contributed by atoms with Crippen LogP contribution in [-0.2, 0) is 4.79 Å². The van der Waals surface area contributed by atoms with Crippen LogP contribution in [0.5, 0.6) is 11.5 Å². The number of ketones is 1. The van der Waals surface area contributed by atoms with E-state index in [0.717, 1.165) is 0 Å². The molecule has 0 aliphatic carbocycles. The average Bonchev–Trinajstić information content (AvgIpc) is 2.91. The third-order valence-electron chi connectivity index (χ3n) is 3.35. The van der Waals surface area contributed by atoms with Crippen molar-refractivity contribution in [3.8, 4) is 11.5 Å². The van der Waals surface area contributed by atoms with E-state index in [1.54, 1.807) is 39.1 Å². The minimum atomic E-state index is -0.632. The van der Waals surface area contributed by atoms with Crippen LogP contribution in [0.15, 0.2) is 18.2 Å². The Morgan fingerprint density at radius 1 is 1.25 bits per heavy atom. The van der Waals surface area contributed by atoms with Gasteiger partial charge in [-0.2, -0.15) is 0 Å². The Hall–Kier alpha value is -2.08. The molecule has 0 unspecified atom stereocenters. The van der Waals surface area contributed by atoms with Crippen molar-refractivity contribution in [2.45, 2.75) is 25.9 Å². The number of fused-ring (bicyclic) bond motifs is 1. The van der Waals surface area contributed by atoms with Gasteiger partial charge in [-0.3, -0.25) is 9.59 Å². The molecule has 0 radical (unpaired) electrons. The normalized spacial score (nSPS) is 15.6. The second-order valence-corrected chi connectivity index (χ2v) is 4.85. The number of ether oxygens (including phenoxy) is 2. The number of likely N-dealkylation sites (N-methyl/N-ethyl adjacent to an activating group) is 1. The lowest BCUT2D eigenvalue weighted by molar-refractivity contribution is -0.131. The van der Waals surface area contributed by atoms with Gasteiger partial charge >= 0.3 is 0 Å². The van der Waals surface area contributed by atoms with Crippen LogP contribution >= 0.6 is 0 Å². The van der Waals surface area contributed by atoms with Gasteiger partial charge < -0.3 is 20.1 Å². The van der Waals surface area contributed by atoms with Gasteiger partial charge in [0.2, 0.25) is 12.7 Å². The number of carbonyl (C=O) groups excluding carboxylic acids is 2. The summed E-state index contributed by atoms with van der Waals surface area (Å²) in [6, 6.07) is 3.76. The summed E-state index contributed by atoms with van der Waals surface area (Å²) in [6.07, 6.45) is 0. The Bertz CT molecular complexity index is 542. The van der Waals surface area contributed by atoms with Crippen molar-refractivity contribution in [2.75, 3.05) is 13.8 Å². The van der Waals surface area contributed by atoms with Crippen molar-refractivity contribution >= 4 is 11.7 Å². The second kappa shape index (κ2) is 5.50. The molecule has 2 atom stereocenters. The van der Waals surface area contributed by atoms with E-state index in [-0.39, 0.29) is 18.5 Å². The zero-order chi connectivity index (χ0) is 14.9. The van der Waals surface area contributed by atoms with Gasteiger partial charge in [-0.15, -0.1) is 0 Å². The van der Waals surface area contributed by atoms with Crippen LogP contribution in [0.2, 0.25) is 0 Å². The molecule has 2 rings (SSSR count). The Balaban J connectivity index is 2.16. The quantitative estimate of drug-likeness (QED) is 0.823. The number of rotatable bonds is 4. The van der Waals surface area contributed by atoms with E-state index in [4.69, 9.17) is 15.2 Å². The fraction of sp³-hybridized carbons (Fsp3) is 0.429. The van der Waals surface area contributed by atoms with E-state index in [1.807, 2.05) is 0 Å². The fourth-order valence-electron chi connectivity index (χ4n) is 1.98. The van der Waals surface area contributed by atoms with Crippen molar-refractivity contribution in [2.24, 2.45) is 5.73 Å². The lowest BCUT2D eigenvalue weighted by Crippen LogP contribution is -2.47. The average molecular weight is 278 g/mol. The zero-order valence-electron chi connectivity index (χ0n) is 11.8. The molecule has 0 saturated heterocycles. The van der Waals surface area contributed by atoms with E-state index in [9.17, 15) is 9.59 Å². The smallest absolute Gasteiger partial charge is 0.239 e. The molecule has 1 aliphatic rings. The van der Waals surface area contributed by atoms with Gasteiger partial charge in [-0.25, -0.2) is 0 Å². The lowest BCUT2D eigenvalue weighted by Gasteiger charge is -2.25. The van der Waals surface area contributed by atoms with Crippen LogP contribution in [0, 0.1) is 0 Å². The van der Waals surface area contributed by atoms with Gasteiger partial charge in [0.25, 0.3) is 0 Å². The van der Waals surface area contributed by atoms with Crippen LogP contribution in [0.1, 0.15) is 24.2 Å². The molecule has 20 heavy (non-hydrogen) atoms. The summed E-state index contributed by atoms with van der Waals surface area (Å²) in [5.41, 5.74) is 6.03. The Morgan fingerprint density at radius 3 is 2.55 bits per heavy atom.